The van der Waals surface area contributed by atoms with Gasteiger partial charge >= 0.3 is 0 Å². The van der Waals surface area contributed by atoms with Gasteiger partial charge < -0.3 is 9.15 Å². The highest BCUT2D eigenvalue weighted by Crippen LogP contribution is 2.38. The van der Waals surface area contributed by atoms with E-state index in [0.717, 1.165) is 34.6 Å². The van der Waals surface area contributed by atoms with Gasteiger partial charge in [0.25, 0.3) is 0 Å². The number of hydrogen-bond acceptors (Lipinski definition) is 2. The average Bonchev–Trinajstić information content (AvgIpc) is 3.23. The van der Waals surface area contributed by atoms with Crippen LogP contribution in [-0.2, 0) is 6.42 Å². The second-order valence-corrected chi connectivity index (χ2v) is 7.40. The zero-order valence-electron chi connectivity index (χ0n) is 16.8. The highest BCUT2D eigenvalue weighted by atomic mass is 16.5. The Balaban J connectivity index is 1.58. The summed E-state index contributed by atoms with van der Waals surface area (Å²) in [4.78, 5) is 0. The molecule has 0 N–H and O–H groups in total. The van der Waals surface area contributed by atoms with Gasteiger partial charge in [0.05, 0.1) is 13.4 Å². The van der Waals surface area contributed by atoms with Crippen molar-refractivity contribution in [2.24, 2.45) is 0 Å². The Hall–Kier alpha value is -3.78. The number of methoxy groups -OCH3 is 1. The number of ether oxygens (including phenoxy) is 1. The molecule has 0 spiro atoms. The molecule has 4 aromatic carbocycles. The van der Waals surface area contributed by atoms with Crippen molar-refractivity contribution in [3.05, 3.63) is 115 Å². The van der Waals surface area contributed by atoms with Crippen LogP contribution >= 0.6 is 0 Å². The summed E-state index contributed by atoms with van der Waals surface area (Å²) < 4.78 is 11.5. The lowest BCUT2D eigenvalue weighted by molar-refractivity contribution is 0.415. The highest BCUT2D eigenvalue weighted by Gasteiger charge is 2.17. The van der Waals surface area contributed by atoms with Gasteiger partial charge in [0.1, 0.15) is 11.5 Å². The molecule has 1 heterocycles. The fourth-order valence-electron chi connectivity index (χ4n) is 3.98. The number of fused-ring (bicyclic) bond motifs is 1. The van der Waals surface area contributed by atoms with E-state index in [0.29, 0.717) is 0 Å². The van der Waals surface area contributed by atoms with Crippen molar-refractivity contribution in [2.45, 2.75) is 6.42 Å². The van der Waals surface area contributed by atoms with Gasteiger partial charge in [-0.3, -0.25) is 0 Å². The molecule has 2 nitrogen and oxygen atoms in total. The van der Waals surface area contributed by atoms with Crippen LogP contribution in [0.1, 0.15) is 11.3 Å². The van der Waals surface area contributed by atoms with Gasteiger partial charge in [-0.25, -0.2) is 0 Å². The van der Waals surface area contributed by atoms with Crippen LogP contribution in [0, 0.1) is 0 Å². The van der Waals surface area contributed by atoms with Crippen LogP contribution in [0.25, 0.3) is 33.0 Å². The number of hydrogen-bond donors (Lipinski definition) is 0. The summed E-state index contributed by atoms with van der Waals surface area (Å²) in [6.07, 6.45) is 2.62. The third kappa shape index (κ3) is 3.48. The van der Waals surface area contributed by atoms with Gasteiger partial charge in [-0.15, -0.1) is 0 Å². The topological polar surface area (TPSA) is 22.4 Å². The molecule has 0 bridgehead atoms. The van der Waals surface area contributed by atoms with Crippen LogP contribution < -0.4 is 4.74 Å². The average molecular weight is 390 g/mol. The third-order valence-electron chi connectivity index (χ3n) is 5.49. The Labute approximate surface area is 176 Å². The van der Waals surface area contributed by atoms with Crippen LogP contribution in [0.15, 0.2) is 108 Å². The first-order chi connectivity index (χ1) is 14.8. The fraction of sp³-hybridized carbons (Fsp3) is 0.0714. The van der Waals surface area contributed by atoms with E-state index < -0.39 is 0 Å². The van der Waals surface area contributed by atoms with Crippen molar-refractivity contribution in [2.75, 3.05) is 7.11 Å². The molecule has 2 heteroatoms. The summed E-state index contributed by atoms with van der Waals surface area (Å²) in [7, 11) is 1.70. The van der Waals surface area contributed by atoms with Crippen LogP contribution in [0.2, 0.25) is 0 Å². The first-order valence-electron chi connectivity index (χ1n) is 10.1. The second kappa shape index (κ2) is 7.92. The summed E-state index contributed by atoms with van der Waals surface area (Å²) in [5.41, 5.74) is 5.85. The molecule has 5 aromatic rings. The standard InChI is InChI=1S/C28H22O2/c1-29-25-15-14-23-16-20(12-13-24(23)18-25)17-27-28(22-10-6-3-7-11-22)26(19-30-27)21-8-4-2-5-9-21/h2-16,18-19H,17H2,1H3. The summed E-state index contributed by atoms with van der Waals surface area (Å²) in [5, 5.41) is 2.37. The quantitative estimate of drug-likeness (QED) is 0.313. The van der Waals surface area contributed by atoms with E-state index >= 15 is 0 Å². The molecule has 5 rings (SSSR count). The predicted octanol–water partition coefficient (Wildman–Crippen LogP) is 7.37. The van der Waals surface area contributed by atoms with E-state index in [1.165, 1.54) is 21.9 Å². The monoisotopic (exact) mass is 390 g/mol. The minimum atomic E-state index is 0.735. The highest BCUT2D eigenvalue weighted by molar-refractivity contribution is 5.86. The van der Waals surface area contributed by atoms with E-state index in [-0.39, 0.29) is 0 Å². The van der Waals surface area contributed by atoms with Gasteiger partial charge in [-0.1, -0.05) is 84.9 Å². The Kier molecular flexibility index (Phi) is 4.82. The van der Waals surface area contributed by atoms with E-state index in [2.05, 4.69) is 78.9 Å². The third-order valence-corrected chi connectivity index (χ3v) is 5.49. The molecule has 0 radical (unpaired) electrons. The van der Waals surface area contributed by atoms with Gasteiger partial charge in [0, 0.05) is 17.5 Å². The lowest BCUT2D eigenvalue weighted by Gasteiger charge is -2.08. The molecule has 0 aliphatic rings. The van der Waals surface area contributed by atoms with Crippen LogP contribution in [0.4, 0.5) is 0 Å². The molecule has 0 atom stereocenters. The number of furan rings is 1. The predicted molar refractivity (Wildman–Crippen MR) is 123 cm³/mol. The van der Waals surface area contributed by atoms with E-state index in [4.69, 9.17) is 9.15 Å². The van der Waals surface area contributed by atoms with E-state index in [9.17, 15) is 0 Å². The summed E-state index contributed by atoms with van der Waals surface area (Å²) in [6.45, 7) is 0. The molecule has 0 amide bonds. The Bertz CT molecular complexity index is 1280. The van der Waals surface area contributed by atoms with Crippen molar-refractivity contribution in [3.8, 4) is 28.0 Å². The van der Waals surface area contributed by atoms with Crippen molar-refractivity contribution < 1.29 is 9.15 Å². The molecule has 0 aliphatic heterocycles. The Morgan fingerprint density at radius 2 is 1.37 bits per heavy atom. The molecule has 146 valence electrons. The maximum absolute atomic E-state index is 6.14. The summed E-state index contributed by atoms with van der Waals surface area (Å²) >= 11 is 0. The van der Waals surface area contributed by atoms with Crippen molar-refractivity contribution in [1.29, 1.82) is 0 Å². The van der Waals surface area contributed by atoms with Gasteiger partial charge in [0.15, 0.2) is 0 Å². The number of benzene rings is 4. The Morgan fingerprint density at radius 3 is 2.10 bits per heavy atom. The van der Waals surface area contributed by atoms with Crippen molar-refractivity contribution >= 4 is 10.8 Å². The zero-order valence-corrected chi connectivity index (χ0v) is 16.8. The van der Waals surface area contributed by atoms with Gasteiger partial charge in [-0.2, -0.15) is 0 Å². The molecular formula is C28H22O2. The zero-order chi connectivity index (χ0) is 20.3. The molecular weight excluding hydrogens is 368 g/mol. The minimum Gasteiger partial charge on any atom is -0.497 e. The summed E-state index contributed by atoms with van der Waals surface area (Å²) in [6, 6.07) is 33.6. The van der Waals surface area contributed by atoms with Crippen molar-refractivity contribution in [3.63, 3.8) is 0 Å². The summed E-state index contributed by atoms with van der Waals surface area (Å²) in [5.74, 6) is 1.85. The molecule has 0 aliphatic carbocycles. The van der Waals surface area contributed by atoms with E-state index in [1.807, 2.05) is 24.5 Å². The van der Waals surface area contributed by atoms with Gasteiger partial charge in [0.2, 0.25) is 0 Å². The lowest BCUT2D eigenvalue weighted by atomic mass is 9.94. The van der Waals surface area contributed by atoms with Crippen molar-refractivity contribution in [1.82, 2.24) is 0 Å². The molecule has 0 unspecified atom stereocenters. The molecule has 0 fully saturated rings. The van der Waals surface area contributed by atoms with Crippen LogP contribution in [0.3, 0.4) is 0 Å². The van der Waals surface area contributed by atoms with Crippen LogP contribution in [0.5, 0.6) is 5.75 Å². The lowest BCUT2D eigenvalue weighted by Crippen LogP contribution is -1.91. The largest absolute Gasteiger partial charge is 0.497 e. The fourth-order valence-corrected chi connectivity index (χ4v) is 3.98. The maximum Gasteiger partial charge on any atom is 0.119 e. The molecule has 30 heavy (non-hydrogen) atoms. The molecule has 0 saturated carbocycles. The maximum atomic E-state index is 6.14. The molecule has 1 aromatic heterocycles. The first-order valence-corrected chi connectivity index (χ1v) is 10.1. The number of rotatable bonds is 5. The van der Waals surface area contributed by atoms with Crippen LogP contribution in [-0.4, -0.2) is 7.11 Å². The van der Waals surface area contributed by atoms with E-state index in [1.54, 1.807) is 7.11 Å². The second-order valence-electron chi connectivity index (χ2n) is 7.40. The molecule has 0 saturated heterocycles. The normalized spacial score (nSPS) is 11.0. The minimum absolute atomic E-state index is 0.735. The smallest absolute Gasteiger partial charge is 0.119 e. The first kappa shape index (κ1) is 18.3. The van der Waals surface area contributed by atoms with Gasteiger partial charge in [-0.05, 0) is 39.6 Å². The SMILES string of the molecule is COc1ccc2cc(Cc3occ(-c4ccccc4)c3-c3ccccc3)ccc2c1. The Morgan fingerprint density at radius 1 is 0.700 bits per heavy atom.